The van der Waals surface area contributed by atoms with Crippen molar-refractivity contribution in [3.63, 3.8) is 0 Å². The van der Waals surface area contributed by atoms with E-state index in [4.69, 9.17) is 0 Å². The molecule has 0 atom stereocenters. The molecule has 0 radical (unpaired) electrons. The number of nitrogens with one attached hydrogen (secondary N) is 2. The molecule has 0 heterocycles. The van der Waals surface area contributed by atoms with Crippen molar-refractivity contribution in [3.8, 4) is 0 Å². The highest BCUT2D eigenvalue weighted by molar-refractivity contribution is 14.0. The number of benzene rings is 1. The maximum Gasteiger partial charge on any atom is 0.401 e. The molecule has 138 valence electrons. The van der Waals surface area contributed by atoms with Crippen molar-refractivity contribution in [1.29, 1.82) is 0 Å². The minimum atomic E-state index is -4.21. The van der Waals surface area contributed by atoms with Gasteiger partial charge in [0.15, 0.2) is 5.96 Å². The van der Waals surface area contributed by atoms with E-state index in [1.54, 1.807) is 18.2 Å². The Morgan fingerprint density at radius 3 is 2.46 bits per heavy atom. The van der Waals surface area contributed by atoms with Crippen LogP contribution in [0.3, 0.4) is 0 Å². The van der Waals surface area contributed by atoms with Crippen LogP contribution in [0.2, 0.25) is 0 Å². The van der Waals surface area contributed by atoms with Crippen LogP contribution in [0.4, 0.5) is 17.6 Å². The molecule has 4 nitrogen and oxygen atoms in total. The summed E-state index contributed by atoms with van der Waals surface area (Å²) in [6.07, 6.45) is -4.21. The summed E-state index contributed by atoms with van der Waals surface area (Å²) in [6, 6.07) is 6.32. The Morgan fingerprint density at radius 1 is 1.21 bits per heavy atom. The summed E-state index contributed by atoms with van der Waals surface area (Å²) in [6.45, 7) is 2.18. The topological polar surface area (TPSA) is 39.7 Å². The van der Waals surface area contributed by atoms with Crippen LogP contribution in [0.5, 0.6) is 0 Å². The molecule has 1 aromatic rings. The number of nitrogens with zero attached hydrogens (tertiary/aromatic N) is 2. The zero-order chi connectivity index (χ0) is 17.3. The third-order valence-corrected chi connectivity index (χ3v) is 2.94. The molecular formula is C15H23F4IN4. The van der Waals surface area contributed by atoms with Gasteiger partial charge in [0.05, 0.1) is 13.1 Å². The summed E-state index contributed by atoms with van der Waals surface area (Å²) >= 11 is 0. The van der Waals surface area contributed by atoms with Crippen LogP contribution in [0.25, 0.3) is 0 Å². The first kappa shape index (κ1) is 22.9. The van der Waals surface area contributed by atoms with E-state index in [0.29, 0.717) is 24.6 Å². The molecule has 0 aromatic heterocycles. The van der Waals surface area contributed by atoms with Gasteiger partial charge in [-0.05, 0) is 20.0 Å². The lowest BCUT2D eigenvalue weighted by Crippen LogP contribution is -2.42. The average molecular weight is 462 g/mol. The van der Waals surface area contributed by atoms with Gasteiger partial charge in [-0.25, -0.2) is 9.38 Å². The summed E-state index contributed by atoms with van der Waals surface area (Å²) in [7, 11) is 1.40. The summed E-state index contributed by atoms with van der Waals surface area (Å²) in [5, 5.41) is 5.90. The van der Waals surface area contributed by atoms with Gasteiger partial charge in [-0.3, -0.25) is 4.90 Å². The number of halogens is 5. The van der Waals surface area contributed by atoms with Crippen molar-refractivity contribution in [2.75, 3.05) is 33.2 Å². The van der Waals surface area contributed by atoms with Gasteiger partial charge in [0, 0.05) is 25.2 Å². The summed E-state index contributed by atoms with van der Waals surface area (Å²) in [5.74, 6) is 0.105. The van der Waals surface area contributed by atoms with Gasteiger partial charge in [-0.2, -0.15) is 13.2 Å². The van der Waals surface area contributed by atoms with Crippen LogP contribution in [0, 0.1) is 5.82 Å². The second-order valence-corrected chi connectivity index (χ2v) is 5.07. The van der Waals surface area contributed by atoms with E-state index in [-0.39, 0.29) is 42.9 Å². The van der Waals surface area contributed by atoms with E-state index >= 15 is 0 Å². The first-order valence-electron chi connectivity index (χ1n) is 7.32. The smallest absolute Gasteiger partial charge is 0.357 e. The van der Waals surface area contributed by atoms with Crippen LogP contribution in [-0.4, -0.2) is 50.3 Å². The van der Waals surface area contributed by atoms with Crippen molar-refractivity contribution in [3.05, 3.63) is 35.6 Å². The largest absolute Gasteiger partial charge is 0.401 e. The third-order valence-electron chi connectivity index (χ3n) is 2.94. The quantitative estimate of drug-likeness (QED) is 0.284. The Morgan fingerprint density at radius 2 is 1.88 bits per heavy atom. The van der Waals surface area contributed by atoms with Crippen LogP contribution >= 0.6 is 24.0 Å². The van der Waals surface area contributed by atoms with Crippen molar-refractivity contribution in [2.45, 2.75) is 19.6 Å². The van der Waals surface area contributed by atoms with Gasteiger partial charge in [-0.15, -0.1) is 24.0 Å². The van der Waals surface area contributed by atoms with Gasteiger partial charge in [-0.1, -0.05) is 18.2 Å². The van der Waals surface area contributed by atoms with Crippen LogP contribution in [-0.2, 0) is 6.54 Å². The standard InChI is InChI=1S/C15H22F4N4.HI/c1-3-20-14(21-8-9-23(2)11-15(17,18)19)22-10-12-6-4-5-7-13(12)16;/h4-7H,3,8-11H2,1-2H3,(H2,20,21,22);1H. The second kappa shape index (κ2) is 11.5. The molecular weight excluding hydrogens is 439 g/mol. The fourth-order valence-electron chi connectivity index (χ4n) is 1.88. The Balaban J connectivity index is 0.00000529. The molecule has 0 saturated heterocycles. The van der Waals surface area contributed by atoms with Gasteiger partial charge in [0.2, 0.25) is 0 Å². The number of guanidine groups is 1. The van der Waals surface area contributed by atoms with Crippen molar-refractivity contribution >= 4 is 29.9 Å². The fourth-order valence-corrected chi connectivity index (χ4v) is 1.88. The number of alkyl halides is 3. The van der Waals surface area contributed by atoms with Gasteiger partial charge in [0.1, 0.15) is 5.82 Å². The third kappa shape index (κ3) is 9.91. The molecule has 0 fully saturated rings. The number of hydrogen-bond acceptors (Lipinski definition) is 2. The molecule has 0 aliphatic rings. The normalized spacial score (nSPS) is 12.0. The Labute approximate surface area is 156 Å². The molecule has 9 heteroatoms. The van der Waals surface area contributed by atoms with Gasteiger partial charge >= 0.3 is 6.18 Å². The zero-order valence-corrected chi connectivity index (χ0v) is 16.0. The van der Waals surface area contributed by atoms with E-state index < -0.39 is 12.7 Å². The summed E-state index contributed by atoms with van der Waals surface area (Å²) < 4.78 is 50.2. The van der Waals surface area contributed by atoms with E-state index in [9.17, 15) is 17.6 Å². The lowest BCUT2D eigenvalue weighted by Gasteiger charge is -2.19. The highest BCUT2D eigenvalue weighted by Crippen LogP contribution is 2.15. The molecule has 0 saturated carbocycles. The molecule has 0 bridgehead atoms. The van der Waals surface area contributed by atoms with E-state index in [1.165, 1.54) is 18.0 Å². The van der Waals surface area contributed by atoms with Crippen LogP contribution in [0.15, 0.2) is 29.3 Å². The Hall–Kier alpha value is -1.10. The van der Waals surface area contributed by atoms with Crippen LogP contribution in [0.1, 0.15) is 12.5 Å². The fraction of sp³-hybridized carbons (Fsp3) is 0.533. The van der Waals surface area contributed by atoms with Crippen molar-refractivity contribution < 1.29 is 17.6 Å². The Kier molecular flexibility index (Phi) is 10.9. The van der Waals surface area contributed by atoms with Crippen molar-refractivity contribution in [2.24, 2.45) is 4.99 Å². The number of likely N-dealkylation sites (N-methyl/N-ethyl adjacent to an activating group) is 1. The van der Waals surface area contributed by atoms with Gasteiger partial charge < -0.3 is 10.6 Å². The molecule has 0 amide bonds. The summed E-state index contributed by atoms with van der Waals surface area (Å²) in [4.78, 5) is 5.40. The highest BCUT2D eigenvalue weighted by Gasteiger charge is 2.28. The monoisotopic (exact) mass is 462 g/mol. The molecule has 1 aromatic carbocycles. The SMILES string of the molecule is CCNC(=NCc1ccccc1F)NCCN(C)CC(F)(F)F.I. The molecule has 24 heavy (non-hydrogen) atoms. The highest BCUT2D eigenvalue weighted by atomic mass is 127. The molecule has 1 rings (SSSR count). The minimum Gasteiger partial charge on any atom is -0.357 e. The first-order chi connectivity index (χ1) is 10.8. The first-order valence-corrected chi connectivity index (χ1v) is 7.32. The lowest BCUT2D eigenvalue weighted by atomic mass is 10.2. The molecule has 0 aliphatic heterocycles. The Bertz CT molecular complexity index is 508. The molecule has 0 aliphatic carbocycles. The predicted octanol–water partition coefficient (Wildman–Crippen LogP) is 2.99. The molecule has 0 spiro atoms. The maximum atomic E-state index is 13.5. The van der Waals surface area contributed by atoms with Crippen LogP contribution < -0.4 is 10.6 Å². The minimum absolute atomic E-state index is 0. The van der Waals surface area contributed by atoms with E-state index in [2.05, 4.69) is 15.6 Å². The van der Waals surface area contributed by atoms with E-state index in [1.807, 2.05) is 6.92 Å². The van der Waals surface area contributed by atoms with E-state index in [0.717, 1.165) is 0 Å². The zero-order valence-electron chi connectivity index (χ0n) is 13.7. The van der Waals surface area contributed by atoms with Crippen molar-refractivity contribution in [1.82, 2.24) is 15.5 Å². The molecule has 0 unspecified atom stereocenters. The second-order valence-electron chi connectivity index (χ2n) is 5.07. The number of aliphatic imine (C=N–C) groups is 1. The van der Waals surface area contributed by atoms with Gasteiger partial charge in [0.25, 0.3) is 0 Å². The molecule has 2 N–H and O–H groups in total. The predicted molar refractivity (Wildman–Crippen MR) is 98.2 cm³/mol. The summed E-state index contributed by atoms with van der Waals surface area (Å²) in [5.41, 5.74) is 0.457. The lowest BCUT2D eigenvalue weighted by molar-refractivity contribution is -0.142. The number of rotatable bonds is 7. The maximum absolute atomic E-state index is 13.5. The number of hydrogen-bond donors (Lipinski definition) is 2. The average Bonchev–Trinajstić information content (AvgIpc) is 2.44.